The van der Waals surface area contributed by atoms with Crippen molar-refractivity contribution < 1.29 is 13.9 Å². The van der Waals surface area contributed by atoms with Crippen LogP contribution in [-0.4, -0.2) is 10.7 Å². The highest BCUT2D eigenvalue weighted by atomic mass is 19.1. The Bertz CT molecular complexity index is 385. The van der Waals surface area contributed by atoms with Gasteiger partial charge in [0.15, 0.2) is 0 Å². The van der Waals surface area contributed by atoms with E-state index in [1.807, 2.05) is 0 Å². The highest BCUT2D eigenvalue weighted by Gasteiger charge is 2.36. The Morgan fingerprint density at radius 3 is 2.47 bits per heavy atom. The van der Waals surface area contributed by atoms with Crippen LogP contribution in [0.1, 0.15) is 38.2 Å². The lowest BCUT2D eigenvalue weighted by molar-refractivity contribution is 0.0435. The number of benzene rings is 1. The third kappa shape index (κ3) is 3.03. The molecule has 0 spiro atoms. The fourth-order valence-corrected chi connectivity index (χ4v) is 2.82. The van der Waals surface area contributed by atoms with Gasteiger partial charge in [0.05, 0.1) is 5.60 Å². The summed E-state index contributed by atoms with van der Waals surface area (Å²) in [5, 5.41) is 10.4. The van der Waals surface area contributed by atoms with E-state index in [0.717, 1.165) is 31.7 Å². The fraction of sp³-hybridized carbons (Fsp3) is 0.571. The Hall–Kier alpha value is -0.960. The molecule has 0 radical (unpaired) electrons. The molecule has 1 aromatic carbocycles. The van der Waals surface area contributed by atoms with E-state index in [9.17, 15) is 13.9 Å². The van der Waals surface area contributed by atoms with Crippen LogP contribution in [0.5, 0.6) is 0 Å². The summed E-state index contributed by atoms with van der Waals surface area (Å²) in [6.07, 6.45) is 3.87. The van der Waals surface area contributed by atoms with Crippen LogP contribution in [0.3, 0.4) is 0 Å². The summed E-state index contributed by atoms with van der Waals surface area (Å²) >= 11 is 0. The first-order chi connectivity index (χ1) is 8.00. The van der Waals surface area contributed by atoms with E-state index in [-0.39, 0.29) is 0 Å². The van der Waals surface area contributed by atoms with Crippen LogP contribution >= 0.6 is 0 Å². The summed E-state index contributed by atoms with van der Waals surface area (Å²) in [5.41, 5.74) is -0.234. The van der Waals surface area contributed by atoms with Crippen LogP contribution < -0.4 is 0 Å². The van der Waals surface area contributed by atoms with Gasteiger partial charge >= 0.3 is 0 Å². The zero-order valence-corrected chi connectivity index (χ0v) is 10.0. The van der Waals surface area contributed by atoms with Gasteiger partial charge in [-0.2, -0.15) is 0 Å². The van der Waals surface area contributed by atoms with Crippen molar-refractivity contribution in [2.24, 2.45) is 5.92 Å². The first kappa shape index (κ1) is 12.5. The Labute approximate surface area is 100 Å². The second kappa shape index (κ2) is 4.73. The van der Waals surface area contributed by atoms with Crippen molar-refractivity contribution in [3.63, 3.8) is 0 Å². The van der Waals surface area contributed by atoms with Crippen molar-refractivity contribution >= 4 is 0 Å². The number of hydrogen-bond donors (Lipinski definition) is 1. The molecule has 3 heteroatoms. The first-order valence-corrected chi connectivity index (χ1v) is 6.18. The van der Waals surface area contributed by atoms with Gasteiger partial charge in [0, 0.05) is 12.5 Å². The van der Waals surface area contributed by atoms with Crippen molar-refractivity contribution in [2.45, 2.75) is 44.6 Å². The molecule has 0 aliphatic heterocycles. The molecule has 2 rings (SSSR count). The molecule has 0 aromatic heterocycles. The number of hydrogen-bond acceptors (Lipinski definition) is 1. The van der Waals surface area contributed by atoms with Crippen LogP contribution in [0.25, 0.3) is 0 Å². The third-order valence-corrected chi connectivity index (χ3v) is 3.72. The lowest BCUT2D eigenvalue weighted by Gasteiger charge is -2.23. The van der Waals surface area contributed by atoms with Gasteiger partial charge in [-0.15, -0.1) is 0 Å². The van der Waals surface area contributed by atoms with Crippen LogP contribution in [0.15, 0.2) is 18.2 Å². The molecule has 1 fully saturated rings. The predicted molar refractivity (Wildman–Crippen MR) is 62.6 cm³/mol. The maximum absolute atomic E-state index is 13.0. The van der Waals surface area contributed by atoms with Crippen molar-refractivity contribution in [3.8, 4) is 0 Å². The molecule has 0 bridgehead atoms. The van der Waals surface area contributed by atoms with Crippen LogP contribution in [0.2, 0.25) is 0 Å². The number of halogens is 2. The van der Waals surface area contributed by atoms with Crippen molar-refractivity contribution in [3.05, 3.63) is 35.4 Å². The zero-order chi connectivity index (χ0) is 12.5. The average molecular weight is 240 g/mol. The number of rotatable bonds is 3. The van der Waals surface area contributed by atoms with E-state index >= 15 is 0 Å². The molecule has 1 N–H and O–H groups in total. The van der Waals surface area contributed by atoms with Gasteiger partial charge in [-0.25, -0.2) is 8.78 Å². The monoisotopic (exact) mass is 240 g/mol. The summed E-state index contributed by atoms with van der Waals surface area (Å²) in [4.78, 5) is 0. The zero-order valence-electron chi connectivity index (χ0n) is 10.0. The molecular weight excluding hydrogens is 222 g/mol. The first-order valence-electron chi connectivity index (χ1n) is 6.18. The normalized spacial score (nSPS) is 28.6. The topological polar surface area (TPSA) is 20.2 Å². The predicted octanol–water partition coefficient (Wildman–Crippen LogP) is 3.45. The molecule has 0 amide bonds. The lowest BCUT2D eigenvalue weighted by Crippen LogP contribution is -2.28. The molecule has 1 aromatic rings. The van der Waals surface area contributed by atoms with E-state index in [2.05, 4.69) is 6.92 Å². The SMILES string of the molecule is CCC1CCC(O)(Cc2cc(F)cc(F)c2)C1. The van der Waals surface area contributed by atoms with Gasteiger partial charge in [0.2, 0.25) is 0 Å². The molecule has 17 heavy (non-hydrogen) atoms. The standard InChI is InChI=1S/C14H18F2O/c1-2-10-3-4-14(17,8-10)9-11-5-12(15)7-13(16)6-11/h5-7,10,17H,2-4,8-9H2,1H3. The van der Waals surface area contributed by atoms with Crippen molar-refractivity contribution in [1.29, 1.82) is 0 Å². The number of aliphatic hydroxyl groups is 1. The van der Waals surface area contributed by atoms with Crippen LogP contribution in [-0.2, 0) is 6.42 Å². The minimum absolute atomic E-state index is 0.345. The summed E-state index contributed by atoms with van der Waals surface area (Å²) in [6, 6.07) is 3.47. The second-order valence-corrected chi connectivity index (χ2v) is 5.20. The molecule has 1 nitrogen and oxygen atoms in total. The maximum atomic E-state index is 13.0. The molecule has 1 saturated carbocycles. The van der Waals surface area contributed by atoms with Gasteiger partial charge < -0.3 is 5.11 Å². The average Bonchev–Trinajstić information content (AvgIpc) is 2.58. The summed E-state index contributed by atoms with van der Waals surface area (Å²) < 4.78 is 26.1. The van der Waals surface area contributed by atoms with Crippen LogP contribution in [0.4, 0.5) is 8.78 Å². The minimum Gasteiger partial charge on any atom is -0.390 e. The largest absolute Gasteiger partial charge is 0.390 e. The third-order valence-electron chi connectivity index (χ3n) is 3.72. The van der Waals surface area contributed by atoms with E-state index < -0.39 is 17.2 Å². The van der Waals surface area contributed by atoms with Gasteiger partial charge in [0.1, 0.15) is 11.6 Å². The van der Waals surface area contributed by atoms with E-state index in [4.69, 9.17) is 0 Å². The van der Waals surface area contributed by atoms with E-state index in [1.54, 1.807) is 0 Å². The Morgan fingerprint density at radius 1 is 1.29 bits per heavy atom. The molecule has 0 heterocycles. The second-order valence-electron chi connectivity index (χ2n) is 5.20. The summed E-state index contributed by atoms with van der Waals surface area (Å²) in [5.74, 6) is -0.610. The van der Waals surface area contributed by atoms with Gasteiger partial charge in [-0.05, 0) is 42.9 Å². The molecular formula is C14H18F2O. The van der Waals surface area contributed by atoms with Gasteiger partial charge in [0.25, 0.3) is 0 Å². The highest BCUT2D eigenvalue weighted by molar-refractivity contribution is 5.20. The Morgan fingerprint density at radius 2 is 1.94 bits per heavy atom. The molecule has 94 valence electrons. The Kier molecular flexibility index (Phi) is 3.48. The highest BCUT2D eigenvalue weighted by Crippen LogP contribution is 2.38. The van der Waals surface area contributed by atoms with Crippen molar-refractivity contribution in [1.82, 2.24) is 0 Å². The summed E-state index contributed by atoms with van der Waals surface area (Å²) in [6.45, 7) is 2.11. The summed E-state index contributed by atoms with van der Waals surface area (Å²) in [7, 11) is 0. The molecule has 0 saturated heterocycles. The fourth-order valence-electron chi connectivity index (χ4n) is 2.82. The van der Waals surface area contributed by atoms with Crippen LogP contribution in [0, 0.1) is 17.6 Å². The van der Waals surface area contributed by atoms with E-state index in [1.165, 1.54) is 12.1 Å². The maximum Gasteiger partial charge on any atom is 0.126 e. The molecule has 1 aliphatic carbocycles. The smallest absolute Gasteiger partial charge is 0.126 e. The van der Waals surface area contributed by atoms with Gasteiger partial charge in [-0.3, -0.25) is 0 Å². The van der Waals surface area contributed by atoms with E-state index in [0.29, 0.717) is 17.9 Å². The molecule has 1 aliphatic rings. The quantitative estimate of drug-likeness (QED) is 0.858. The lowest BCUT2D eigenvalue weighted by atomic mass is 9.91. The van der Waals surface area contributed by atoms with Crippen molar-refractivity contribution in [2.75, 3.05) is 0 Å². The Balaban J connectivity index is 2.10. The molecule has 2 unspecified atom stereocenters. The minimum atomic E-state index is -0.777. The van der Waals surface area contributed by atoms with Gasteiger partial charge in [-0.1, -0.05) is 13.3 Å². The molecule has 2 atom stereocenters.